The van der Waals surface area contributed by atoms with Crippen LogP contribution in [0, 0.1) is 0 Å². The lowest BCUT2D eigenvalue weighted by Gasteiger charge is -2.29. The van der Waals surface area contributed by atoms with E-state index in [1.165, 1.54) is 0 Å². The Morgan fingerprint density at radius 3 is 2.00 bits per heavy atom. The largest absolute Gasteiger partial charge is 0.392 e. The fourth-order valence-electron chi connectivity index (χ4n) is 0.835. The van der Waals surface area contributed by atoms with Crippen molar-refractivity contribution in [2.24, 2.45) is 5.14 Å². The van der Waals surface area contributed by atoms with Crippen LogP contribution in [0.1, 0.15) is 12.8 Å². The summed E-state index contributed by atoms with van der Waals surface area (Å²) in [6.07, 6.45) is 0.334. The van der Waals surface area contributed by atoms with E-state index in [0.717, 1.165) is 0 Å². The van der Waals surface area contributed by atoms with Gasteiger partial charge in [-0.2, -0.15) is 0 Å². The Kier molecular flexibility index (Phi) is 1.50. The summed E-state index contributed by atoms with van der Waals surface area (Å²) in [4.78, 5) is 0. The lowest BCUT2D eigenvalue weighted by Crippen LogP contribution is -2.46. The molecular formula is C4H9NO3S. The summed E-state index contributed by atoms with van der Waals surface area (Å²) in [5.74, 6) is 0. The zero-order valence-electron chi connectivity index (χ0n) is 4.82. The van der Waals surface area contributed by atoms with Gasteiger partial charge < -0.3 is 5.11 Å². The topological polar surface area (TPSA) is 80.4 Å². The van der Waals surface area contributed by atoms with Gasteiger partial charge in [-0.05, 0) is 12.8 Å². The van der Waals surface area contributed by atoms with Crippen molar-refractivity contribution in [3.63, 3.8) is 0 Å². The first-order chi connectivity index (χ1) is 4.02. The van der Waals surface area contributed by atoms with E-state index in [-0.39, 0.29) is 0 Å². The molecule has 9 heavy (non-hydrogen) atoms. The summed E-state index contributed by atoms with van der Waals surface area (Å²) in [6.45, 7) is 0. The molecule has 1 saturated carbocycles. The van der Waals surface area contributed by atoms with Crippen molar-refractivity contribution < 1.29 is 13.5 Å². The molecule has 0 saturated heterocycles. The average Bonchev–Trinajstić information content (AvgIpc) is 1.57. The summed E-state index contributed by atoms with van der Waals surface area (Å²) in [6, 6.07) is 0. The molecule has 4 nitrogen and oxygen atoms in total. The summed E-state index contributed by atoms with van der Waals surface area (Å²) >= 11 is 0. The molecule has 0 aromatic rings. The van der Waals surface area contributed by atoms with Gasteiger partial charge in [0.2, 0.25) is 10.0 Å². The van der Waals surface area contributed by atoms with Gasteiger partial charge in [0.15, 0.2) is 0 Å². The third-order valence-electron chi connectivity index (χ3n) is 1.60. The summed E-state index contributed by atoms with van der Waals surface area (Å²) in [5, 5.41) is 12.8. The number of hydrogen-bond donors (Lipinski definition) is 2. The van der Waals surface area contributed by atoms with Crippen molar-refractivity contribution in [3.05, 3.63) is 0 Å². The molecule has 3 N–H and O–H groups in total. The van der Waals surface area contributed by atoms with Crippen LogP contribution in [-0.4, -0.2) is 24.9 Å². The van der Waals surface area contributed by atoms with Crippen LogP contribution in [0.15, 0.2) is 0 Å². The zero-order chi connectivity index (χ0) is 7.07. The maximum absolute atomic E-state index is 10.4. The average molecular weight is 151 g/mol. The Morgan fingerprint density at radius 2 is 2.00 bits per heavy atom. The number of sulfonamides is 1. The van der Waals surface area contributed by atoms with Crippen molar-refractivity contribution in [1.82, 2.24) is 0 Å². The maximum atomic E-state index is 10.4. The van der Waals surface area contributed by atoms with Crippen LogP contribution >= 0.6 is 0 Å². The molecule has 0 aromatic carbocycles. The number of nitrogens with two attached hydrogens (primary N) is 1. The van der Waals surface area contributed by atoms with Gasteiger partial charge in [-0.1, -0.05) is 0 Å². The van der Waals surface area contributed by atoms with E-state index < -0.39 is 21.4 Å². The number of hydrogen-bond acceptors (Lipinski definition) is 3. The van der Waals surface area contributed by atoms with Crippen LogP contribution in [0.5, 0.6) is 0 Å². The SMILES string of the molecule is NS(=O)(=O)[C@@H]1CC[C@H]1O. The van der Waals surface area contributed by atoms with Gasteiger partial charge in [0.25, 0.3) is 0 Å². The zero-order valence-corrected chi connectivity index (χ0v) is 5.63. The number of aliphatic hydroxyl groups is 1. The molecule has 0 bridgehead atoms. The van der Waals surface area contributed by atoms with E-state index in [1.807, 2.05) is 0 Å². The monoisotopic (exact) mass is 151 g/mol. The highest BCUT2D eigenvalue weighted by Gasteiger charge is 2.37. The van der Waals surface area contributed by atoms with Crippen LogP contribution in [-0.2, 0) is 10.0 Å². The first kappa shape index (κ1) is 6.98. The van der Waals surface area contributed by atoms with Gasteiger partial charge >= 0.3 is 0 Å². The van der Waals surface area contributed by atoms with Crippen molar-refractivity contribution in [2.75, 3.05) is 0 Å². The Morgan fingerprint density at radius 1 is 1.44 bits per heavy atom. The highest BCUT2D eigenvalue weighted by atomic mass is 32.2. The van der Waals surface area contributed by atoms with Crippen LogP contribution in [0.25, 0.3) is 0 Å². The molecule has 0 radical (unpaired) electrons. The third kappa shape index (κ3) is 1.23. The molecule has 54 valence electrons. The number of aliphatic hydroxyl groups excluding tert-OH is 1. The molecule has 0 aliphatic heterocycles. The molecule has 1 aliphatic carbocycles. The Bertz CT molecular complexity index is 198. The van der Waals surface area contributed by atoms with E-state index in [2.05, 4.69) is 0 Å². The second-order valence-corrected chi connectivity index (χ2v) is 4.06. The summed E-state index contributed by atoms with van der Waals surface area (Å²) < 4.78 is 20.9. The molecule has 1 fully saturated rings. The minimum atomic E-state index is -3.47. The minimum Gasteiger partial charge on any atom is -0.392 e. The molecule has 1 rings (SSSR count). The van der Waals surface area contributed by atoms with Crippen molar-refractivity contribution in [2.45, 2.75) is 24.2 Å². The first-order valence-corrected chi connectivity index (χ1v) is 4.32. The second kappa shape index (κ2) is 1.93. The van der Waals surface area contributed by atoms with Gasteiger partial charge in [-0.25, -0.2) is 13.6 Å². The molecule has 0 amide bonds. The molecule has 1 aliphatic rings. The van der Waals surface area contributed by atoms with E-state index >= 15 is 0 Å². The molecular weight excluding hydrogens is 142 g/mol. The Labute approximate surface area is 53.7 Å². The fourth-order valence-corrected chi connectivity index (χ4v) is 1.87. The predicted molar refractivity (Wildman–Crippen MR) is 32.1 cm³/mol. The third-order valence-corrected chi connectivity index (χ3v) is 2.99. The van der Waals surface area contributed by atoms with Crippen molar-refractivity contribution >= 4 is 10.0 Å². The van der Waals surface area contributed by atoms with Gasteiger partial charge in [0.05, 0.1) is 6.10 Å². The molecule has 0 spiro atoms. The molecule has 0 aromatic heterocycles. The highest BCUT2D eigenvalue weighted by molar-refractivity contribution is 7.89. The standard InChI is InChI=1S/C4H9NO3S/c5-9(7,8)4-2-1-3(4)6/h3-4,6H,1-2H2,(H2,5,7,8)/t3-,4-/m1/s1. The first-order valence-electron chi connectivity index (χ1n) is 2.71. The molecule has 2 atom stereocenters. The van der Waals surface area contributed by atoms with Crippen LogP contribution in [0.3, 0.4) is 0 Å². The molecule has 0 unspecified atom stereocenters. The Balaban J connectivity index is 2.66. The lowest BCUT2D eigenvalue weighted by molar-refractivity contribution is 0.0991. The van der Waals surface area contributed by atoms with Crippen molar-refractivity contribution in [1.29, 1.82) is 0 Å². The van der Waals surface area contributed by atoms with Gasteiger partial charge in [-0.3, -0.25) is 0 Å². The normalized spacial score (nSPS) is 35.8. The molecule has 0 heterocycles. The van der Waals surface area contributed by atoms with Crippen LogP contribution in [0.2, 0.25) is 0 Å². The second-order valence-electron chi connectivity index (χ2n) is 2.27. The van der Waals surface area contributed by atoms with Crippen LogP contribution < -0.4 is 5.14 Å². The van der Waals surface area contributed by atoms with Gasteiger partial charge in [-0.15, -0.1) is 0 Å². The van der Waals surface area contributed by atoms with E-state index in [0.29, 0.717) is 12.8 Å². The fraction of sp³-hybridized carbons (Fsp3) is 1.00. The molecule has 5 heteroatoms. The number of rotatable bonds is 1. The van der Waals surface area contributed by atoms with E-state index in [9.17, 15) is 8.42 Å². The smallest absolute Gasteiger partial charge is 0.214 e. The minimum absolute atomic E-state index is 0.500. The quantitative estimate of drug-likeness (QED) is 0.494. The number of primary sulfonamides is 1. The van der Waals surface area contributed by atoms with E-state index in [1.54, 1.807) is 0 Å². The van der Waals surface area contributed by atoms with Crippen LogP contribution in [0.4, 0.5) is 0 Å². The van der Waals surface area contributed by atoms with Gasteiger partial charge in [0.1, 0.15) is 5.25 Å². The van der Waals surface area contributed by atoms with Crippen molar-refractivity contribution in [3.8, 4) is 0 Å². The van der Waals surface area contributed by atoms with Gasteiger partial charge in [0, 0.05) is 0 Å². The Hall–Kier alpha value is -0.130. The lowest BCUT2D eigenvalue weighted by atomic mass is 9.96. The predicted octanol–water partition coefficient (Wildman–Crippen LogP) is -1.20. The summed E-state index contributed by atoms with van der Waals surface area (Å²) in [7, 11) is -3.47. The highest BCUT2D eigenvalue weighted by Crippen LogP contribution is 2.24. The maximum Gasteiger partial charge on any atom is 0.214 e. The van der Waals surface area contributed by atoms with E-state index in [4.69, 9.17) is 10.2 Å². The summed E-state index contributed by atoms with van der Waals surface area (Å²) in [5.41, 5.74) is 0.